The summed E-state index contributed by atoms with van der Waals surface area (Å²) >= 11 is 0. The Hall–Kier alpha value is -3.32. The molecule has 1 saturated heterocycles. The number of fused-ring (bicyclic) bond motifs is 1. The Morgan fingerprint density at radius 3 is 2.20 bits per heavy atom. The minimum absolute atomic E-state index is 0.0877. The molecule has 0 saturated carbocycles. The summed E-state index contributed by atoms with van der Waals surface area (Å²) in [5, 5.41) is 4.23. The summed E-state index contributed by atoms with van der Waals surface area (Å²) in [5.74, 6) is 0.758. The molecule has 2 amide bonds. The van der Waals surface area contributed by atoms with Crippen LogP contribution in [0.2, 0.25) is 0 Å². The molecule has 7 nitrogen and oxygen atoms in total. The van der Waals surface area contributed by atoms with Gasteiger partial charge in [-0.15, -0.1) is 0 Å². The molecule has 0 aliphatic carbocycles. The van der Waals surface area contributed by atoms with E-state index in [-0.39, 0.29) is 22.6 Å². The maximum Gasteiger partial charge on any atom is 0.272 e. The standard InChI is InChI=1S/C33H46N4O3/c1-10-28(38)37-16-14-36(15-17-37)21-23-13-11-12-22-18-27(35(8)29(22)23)31(39)34-26-20-24(32(2,3)4)19-25(30(26)40-9)33(5,6)7/h11-13,18-20H,10,14-17,21H2,1-9H3,(H,34,39). The number of methoxy groups -OCH3 is 1. The third-order valence-electron chi connectivity index (χ3n) is 8.01. The maximum absolute atomic E-state index is 13.8. The van der Waals surface area contributed by atoms with Crippen molar-refractivity contribution in [3.63, 3.8) is 0 Å². The molecule has 1 fully saturated rings. The highest BCUT2D eigenvalue weighted by molar-refractivity contribution is 6.07. The molecule has 216 valence electrons. The van der Waals surface area contributed by atoms with Gasteiger partial charge in [-0.2, -0.15) is 0 Å². The summed E-state index contributed by atoms with van der Waals surface area (Å²) in [6, 6.07) is 12.5. The number of hydrogen-bond donors (Lipinski definition) is 1. The van der Waals surface area contributed by atoms with Gasteiger partial charge in [0.15, 0.2) is 0 Å². The maximum atomic E-state index is 13.8. The van der Waals surface area contributed by atoms with Gasteiger partial charge in [0.1, 0.15) is 11.4 Å². The van der Waals surface area contributed by atoms with Gasteiger partial charge in [-0.1, -0.05) is 72.7 Å². The minimum Gasteiger partial charge on any atom is -0.494 e. The van der Waals surface area contributed by atoms with Crippen LogP contribution in [-0.4, -0.2) is 59.5 Å². The predicted molar refractivity (Wildman–Crippen MR) is 163 cm³/mol. The van der Waals surface area contributed by atoms with Crippen LogP contribution in [0, 0.1) is 0 Å². The fraction of sp³-hybridized carbons (Fsp3) is 0.515. The minimum atomic E-state index is -0.166. The van der Waals surface area contributed by atoms with Crippen LogP contribution in [0.5, 0.6) is 5.75 Å². The van der Waals surface area contributed by atoms with Crippen molar-refractivity contribution in [3.05, 3.63) is 58.8 Å². The van der Waals surface area contributed by atoms with Crippen molar-refractivity contribution in [2.75, 3.05) is 38.6 Å². The number of para-hydroxylation sites is 1. The number of carbonyl (C=O) groups is 2. The van der Waals surface area contributed by atoms with Crippen molar-refractivity contribution in [2.45, 2.75) is 72.3 Å². The number of rotatable bonds is 6. The van der Waals surface area contributed by atoms with E-state index in [2.05, 4.69) is 76.0 Å². The van der Waals surface area contributed by atoms with Crippen LogP contribution in [0.15, 0.2) is 36.4 Å². The van der Waals surface area contributed by atoms with Gasteiger partial charge < -0.3 is 19.5 Å². The number of aryl methyl sites for hydroxylation is 1. The Kier molecular flexibility index (Phi) is 8.36. The first kappa shape index (κ1) is 29.7. The molecule has 0 spiro atoms. The van der Waals surface area contributed by atoms with E-state index in [0.29, 0.717) is 23.6 Å². The largest absolute Gasteiger partial charge is 0.494 e. The molecule has 1 N–H and O–H groups in total. The zero-order valence-corrected chi connectivity index (χ0v) is 25.8. The summed E-state index contributed by atoms with van der Waals surface area (Å²) in [5.41, 5.74) is 5.50. The van der Waals surface area contributed by atoms with Crippen LogP contribution in [-0.2, 0) is 29.2 Å². The molecule has 0 radical (unpaired) electrons. The zero-order valence-electron chi connectivity index (χ0n) is 25.8. The average Bonchev–Trinajstić information content (AvgIpc) is 3.24. The summed E-state index contributed by atoms with van der Waals surface area (Å²) in [4.78, 5) is 30.2. The molecule has 4 rings (SSSR count). The molecule has 1 aliphatic rings. The molecule has 1 aromatic heterocycles. The van der Waals surface area contributed by atoms with Gasteiger partial charge in [-0.25, -0.2) is 0 Å². The Morgan fingerprint density at radius 2 is 1.62 bits per heavy atom. The molecule has 1 aliphatic heterocycles. The first-order valence-electron chi connectivity index (χ1n) is 14.4. The van der Waals surface area contributed by atoms with Gasteiger partial charge in [0.25, 0.3) is 5.91 Å². The number of nitrogens with zero attached hydrogens (tertiary/aromatic N) is 3. The normalized spacial score (nSPS) is 15.0. The van der Waals surface area contributed by atoms with Gasteiger partial charge in [-0.3, -0.25) is 14.5 Å². The molecule has 2 heterocycles. The van der Waals surface area contributed by atoms with Crippen LogP contribution >= 0.6 is 0 Å². The van der Waals surface area contributed by atoms with E-state index in [0.717, 1.165) is 54.8 Å². The van der Waals surface area contributed by atoms with Crippen LogP contribution in [0.4, 0.5) is 5.69 Å². The van der Waals surface area contributed by atoms with Crippen LogP contribution in [0.25, 0.3) is 10.9 Å². The van der Waals surface area contributed by atoms with Crippen molar-refractivity contribution in [1.82, 2.24) is 14.4 Å². The number of benzene rings is 2. The second-order valence-electron chi connectivity index (χ2n) is 13.0. The quantitative estimate of drug-likeness (QED) is 0.406. The summed E-state index contributed by atoms with van der Waals surface area (Å²) in [6.45, 7) is 18.9. The summed E-state index contributed by atoms with van der Waals surface area (Å²) in [7, 11) is 3.63. The number of amides is 2. The highest BCUT2D eigenvalue weighted by atomic mass is 16.5. The molecule has 0 unspecified atom stereocenters. The smallest absolute Gasteiger partial charge is 0.272 e. The lowest BCUT2D eigenvalue weighted by Crippen LogP contribution is -2.48. The van der Waals surface area contributed by atoms with Crippen molar-refractivity contribution in [3.8, 4) is 5.75 Å². The van der Waals surface area contributed by atoms with Gasteiger partial charge in [0.05, 0.1) is 18.3 Å². The first-order chi connectivity index (χ1) is 18.7. The molecular formula is C33H46N4O3. The van der Waals surface area contributed by atoms with E-state index in [1.54, 1.807) is 7.11 Å². The zero-order chi connectivity index (χ0) is 29.4. The van der Waals surface area contributed by atoms with E-state index >= 15 is 0 Å². The van der Waals surface area contributed by atoms with Crippen molar-refractivity contribution < 1.29 is 14.3 Å². The molecule has 0 atom stereocenters. The van der Waals surface area contributed by atoms with Crippen molar-refractivity contribution in [1.29, 1.82) is 0 Å². The van der Waals surface area contributed by atoms with Crippen LogP contribution in [0.1, 0.15) is 82.1 Å². The fourth-order valence-electron chi connectivity index (χ4n) is 5.58. The Bertz CT molecular complexity index is 1400. The Morgan fingerprint density at radius 1 is 0.950 bits per heavy atom. The van der Waals surface area contributed by atoms with E-state index in [1.807, 2.05) is 35.6 Å². The number of piperazine rings is 1. The average molecular weight is 547 g/mol. The second-order valence-corrected chi connectivity index (χ2v) is 13.0. The molecule has 2 aromatic carbocycles. The van der Waals surface area contributed by atoms with Crippen molar-refractivity contribution >= 4 is 28.4 Å². The summed E-state index contributed by atoms with van der Waals surface area (Å²) in [6.07, 6.45) is 0.553. The number of ether oxygens (including phenoxy) is 1. The number of hydrogen-bond acceptors (Lipinski definition) is 4. The van der Waals surface area contributed by atoms with E-state index in [4.69, 9.17) is 4.74 Å². The molecule has 3 aromatic rings. The monoisotopic (exact) mass is 546 g/mol. The number of nitrogens with one attached hydrogen (secondary N) is 1. The lowest BCUT2D eigenvalue weighted by molar-refractivity contribution is -0.132. The highest BCUT2D eigenvalue weighted by Crippen LogP contribution is 2.41. The third-order valence-corrected chi connectivity index (χ3v) is 8.01. The van der Waals surface area contributed by atoms with E-state index in [9.17, 15) is 9.59 Å². The van der Waals surface area contributed by atoms with Gasteiger partial charge in [0.2, 0.25) is 5.91 Å². The van der Waals surface area contributed by atoms with Crippen LogP contribution in [0.3, 0.4) is 0 Å². The number of carbonyl (C=O) groups excluding carboxylic acids is 2. The highest BCUT2D eigenvalue weighted by Gasteiger charge is 2.27. The summed E-state index contributed by atoms with van der Waals surface area (Å²) < 4.78 is 7.88. The van der Waals surface area contributed by atoms with E-state index in [1.165, 1.54) is 5.56 Å². The van der Waals surface area contributed by atoms with Crippen molar-refractivity contribution in [2.24, 2.45) is 7.05 Å². The fourth-order valence-corrected chi connectivity index (χ4v) is 5.58. The van der Waals surface area contributed by atoms with Gasteiger partial charge >= 0.3 is 0 Å². The third kappa shape index (κ3) is 6.04. The molecule has 0 bridgehead atoms. The lowest BCUT2D eigenvalue weighted by atomic mass is 9.79. The van der Waals surface area contributed by atoms with E-state index < -0.39 is 0 Å². The number of anilines is 1. The molecule has 40 heavy (non-hydrogen) atoms. The Balaban J connectivity index is 1.64. The molecule has 7 heteroatoms. The lowest BCUT2D eigenvalue weighted by Gasteiger charge is -2.34. The van der Waals surface area contributed by atoms with Gasteiger partial charge in [-0.05, 0) is 34.1 Å². The second kappa shape index (κ2) is 11.3. The van der Waals surface area contributed by atoms with Gasteiger partial charge in [0, 0.05) is 57.1 Å². The topological polar surface area (TPSA) is 66.8 Å². The number of aromatic nitrogens is 1. The molecular weight excluding hydrogens is 500 g/mol. The SMILES string of the molecule is CCC(=O)N1CCN(Cc2cccc3cc(C(=O)Nc4cc(C(C)(C)C)cc(C(C)(C)C)c4OC)n(C)c23)CC1. The van der Waals surface area contributed by atoms with Crippen LogP contribution < -0.4 is 10.1 Å². The predicted octanol–water partition coefficient (Wildman–Crippen LogP) is 6.09. The Labute approximate surface area is 239 Å². The first-order valence-corrected chi connectivity index (χ1v) is 14.4.